The summed E-state index contributed by atoms with van der Waals surface area (Å²) >= 11 is 0. The van der Waals surface area contributed by atoms with E-state index in [-0.39, 0.29) is 25.3 Å². The quantitative estimate of drug-likeness (QED) is 0.300. The highest BCUT2D eigenvalue weighted by atomic mass is 32.2. The number of fused-ring (bicyclic) bond motifs is 3. The van der Waals surface area contributed by atoms with Gasteiger partial charge in [0.1, 0.15) is 35.1 Å². The summed E-state index contributed by atoms with van der Waals surface area (Å²) < 4.78 is 51.2. The Hall–Kier alpha value is -4.18. The highest BCUT2D eigenvalue weighted by molar-refractivity contribution is 7.85. The Bertz CT molecular complexity index is 1880. The molecule has 3 N–H and O–H groups in total. The molecule has 5 atom stereocenters. The molecule has 0 unspecified atom stereocenters. The maximum absolute atomic E-state index is 14.5. The number of pyridine rings is 1. The Balaban J connectivity index is 1.28. The van der Waals surface area contributed by atoms with Crippen molar-refractivity contribution in [2.24, 2.45) is 5.92 Å². The van der Waals surface area contributed by atoms with Gasteiger partial charge >= 0.3 is 16.4 Å². The smallest absolute Gasteiger partial charge is 0.408 e. The molecule has 15 nitrogen and oxygen atoms in total. The first-order valence-electron chi connectivity index (χ1n) is 19.6. The minimum Gasteiger partial charge on any atom is -0.497 e. The van der Waals surface area contributed by atoms with E-state index in [4.69, 9.17) is 18.4 Å². The summed E-state index contributed by atoms with van der Waals surface area (Å²) in [4.78, 5) is 61.7. The predicted octanol–water partition coefficient (Wildman–Crippen LogP) is 4.81. The van der Waals surface area contributed by atoms with Crippen LogP contribution in [0.5, 0.6) is 11.6 Å². The summed E-state index contributed by atoms with van der Waals surface area (Å²) in [6.07, 6.45) is 7.76. The molecule has 4 amide bonds. The van der Waals surface area contributed by atoms with E-state index in [0.29, 0.717) is 55.5 Å². The molecule has 16 heteroatoms. The van der Waals surface area contributed by atoms with E-state index in [1.54, 1.807) is 40.1 Å². The Kier molecular flexibility index (Phi) is 11.9. The number of rotatable bonds is 10. The molecule has 2 aromatic rings. The Labute approximate surface area is 323 Å². The highest BCUT2D eigenvalue weighted by Crippen LogP contribution is 2.49. The topological polar surface area (TPSA) is 192 Å². The van der Waals surface area contributed by atoms with Crippen molar-refractivity contribution in [1.82, 2.24) is 25.2 Å². The summed E-state index contributed by atoms with van der Waals surface area (Å²) in [6, 6.07) is 5.17. The fourth-order valence-corrected chi connectivity index (χ4v) is 9.12. The molecular weight excluding hydrogens is 731 g/mol. The van der Waals surface area contributed by atoms with Crippen LogP contribution in [0.2, 0.25) is 0 Å². The van der Waals surface area contributed by atoms with Crippen molar-refractivity contribution in [3.8, 4) is 11.6 Å². The number of nitrogens with zero attached hydrogens (tertiary/aromatic N) is 2. The van der Waals surface area contributed by atoms with Gasteiger partial charge in [-0.1, -0.05) is 45.4 Å². The molecule has 2 aliphatic carbocycles. The first kappa shape index (κ1) is 40.5. The van der Waals surface area contributed by atoms with Crippen molar-refractivity contribution in [2.45, 2.75) is 146 Å². The second-order valence-electron chi connectivity index (χ2n) is 16.5. The minimum atomic E-state index is -4.47. The van der Waals surface area contributed by atoms with Crippen LogP contribution in [0.25, 0.3) is 10.8 Å². The molecule has 4 fully saturated rings. The molecule has 55 heavy (non-hydrogen) atoms. The van der Waals surface area contributed by atoms with Gasteiger partial charge in [-0.3, -0.25) is 14.4 Å². The maximum atomic E-state index is 14.5. The standard InChI is InChI=1S/C39H55N5O10S/c1-6-17-38(18-19-38)54-55(49,50)43-35(47)39-23-26(39)12-10-8-7-9-11-13-30(41-36(48)53-37(2,3)4)34(46)44-24-28(22-31(44)32(45)42-39)52-33-29-15-14-27(51-5)21-25(29)16-20-40-33/h14-16,20-21,26,28,30-31H,6-13,17-19,22-24H2,1-5H3,(H,41,48)(H,42,45)(H,43,47)/t26-,28-,30+,31+,39-/m1/s1. The zero-order valence-electron chi connectivity index (χ0n) is 32.5. The van der Waals surface area contributed by atoms with E-state index in [1.165, 1.54) is 4.90 Å². The number of benzene rings is 1. The number of aromatic nitrogens is 1. The van der Waals surface area contributed by atoms with Crippen LogP contribution in [0.3, 0.4) is 0 Å². The van der Waals surface area contributed by atoms with Crippen LogP contribution in [0.4, 0.5) is 4.79 Å². The van der Waals surface area contributed by atoms with Gasteiger partial charge in [-0.25, -0.2) is 18.7 Å². The Morgan fingerprint density at radius 3 is 2.47 bits per heavy atom. The molecule has 3 heterocycles. The molecule has 0 radical (unpaired) electrons. The lowest BCUT2D eigenvalue weighted by Gasteiger charge is -2.30. The monoisotopic (exact) mass is 785 g/mol. The third-order valence-corrected chi connectivity index (χ3v) is 12.0. The van der Waals surface area contributed by atoms with Gasteiger partial charge in [0.15, 0.2) is 0 Å². The summed E-state index contributed by atoms with van der Waals surface area (Å²) in [5, 5.41) is 7.19. The first-order valence-corrected chi connectivity index (χ1v) is 21.0. The summed E-state index contributed by atoms with van der Waals surface area (Å²) in [5.41, 5.74) is -3.12. The van der Waals surface area contributed by atoms with Crippen molar-refractivity contribution in [3.63, 3.8) is 0 Å². The van der Waals surface area contributed by atoms with Crippen molar-refractivity contribution < 1.29 is 46.0 Å². The SMILES string of the molecule is CCCC1(OS(=O)(=O)NC(=O)[C@@]23C[C@H]2CCCCCCC[C@H](NC(=O)OC(C)(C)C)C(=O)N2C[C@H](Oc4nccc5cc(OC)ccc45)C[C@H]2C(=O)N3)CC1. The minimum absolute atomic E-state index is 0.0119. The number of hydrogen-bond donors (Lipinski definition) is 3. The van der Waals surface area contributed by atoms with E-state index < -0.39 is 69.0 Å². The lowest BCUT2D eigenvalue weighted by Crippen LogP contribution is -2.58. The number of carbonyl (C=O) groups is 4. The second kappa shape index (κ2) is 16.1. The molecular formula is C39H55N5O10S. The van der Waals surface area contributed by atoms with Crippen LogP contribution in [-0.4, -0.2) is 90.7 Å². The number of nitrogens with one attached hydrogen (secondary N) is 3. The van der Waals surface area contributed by atoms with Gasteiger partial charge in [0, 0.05) is 18.0 Å². The molecule has 302 valence electrons. The van der Waals surface area contributed by atoms with E-state index >= 15 is 0 Å². The van der Waals surface area contributed by atoms with Gasteiger partial charge in [0.05, 0.1) is 19.3 Å². The van der Waals surface area contributed by atoms with E-state index in [9.17, 15) is 27.6 Å². The maximum Gasteiger partial charge on any atom is 0.408 e. The van der Waals surface area contributed by atoms with E-state index in [2.05, 4.69) is 20.3 Å². The van der Waals surface area contributed by atoms with Crippen LogP contribution >= 0.6 is 0 Å². The summed E-state index contributed by atoms with van der Waals surface area (Å²) in [5.74, 6) is -1.31. The van der Waals surface area contributed by atoms with Crippen molar-refractivity contribution in [1.29, 1.82) is 0 Å². The lowest BCUT2D eigenvalue weighted by molar-refractivity contribution is -0.141. The highest BCUT2D eigenvalue weighted by Gasteiger charge is 2.62. The van der Waals surface area contributed by atoms with Crippen LogP contribution in [0.1, 0.15) is 111 Å². The molecule has 4 aliphatic rings. The van der Waals surface area contributed by atoms with Gasteiger partial charge in [-0.05, 0) is 94.9 Å². The largest absolute Gasteiger partial charge is 0.497 e. The fourth-order valence-electron chi connectivity index (χ4n) is 7.96. The second-order valence-corrected chi connectivity index (χ2v) is 17.8. The fraction of sp³-hybridized carbons (Fsp3) is 0.667. The molecule has 1 aromatic heterocycles. The van der Waals surface area contributed by atoms with Gasteiger partial charge in [-0.15, -0.1) is 0 Å². The van der Waals surface area contributed by atoms with Crippen molar-refractivity contribution in [3.05, 3.63) is 30.5 Å². The molecule has 2 saturated heterocycles. The number of carbonyl (C=O) groups excluding carboxylic acids is 4. The molecule has 0 spiro atoms. The number of alkyl carbamates (subject to hydrolysis) is 1. The third-order valence-electron chi connectivity index (χ3n) is 11.0. The summed E-state index contributed by atoms with van der Waals surface area (Å²) in [7, 11) is -2.89. The Morgan fingerprint density at radius 2 is 1.78 bits per heavy atom. The van der Waals surface area contributed by atoms with Crippen molar-refractivity contribution in [2.75, 3.05) is 13.7 Å². The average Bonchev–Trinajstić information content (AvgIpc) is 3.98. The zero-order chi connectivity index (χ0) is 39.6. The molecule has 0 bridgehead atoms. The van der Waals surface area contributed by atoms with Gasteiger partial charge in [0.25, 0.3) is 5.91 Å². The Morgan fingerprint density at radius 1 is 1.05 bits per heavy atom. The molecule has 6 rings (SSSR count). The lowest BCUT2D eigenvalue weighted by atomic mass is 10.0. The van der Waals surface area contributed by atoms with Crippen LogP contribution < -0.4 is 24.8 Å². The third kappa shape index (κ3) is 9.80. The van der Waals surface area contributed by atoms with Crippen LogP contribution in [0, 0.1) is 5.92 Å². The van der Waals surface area contributed by atoms with Crippen molar-refractivity contribution >= 4 is 44.9 Å². The first-order chi connectivity index (χ1) is 26.1. The van der Waals surface area contributed by atoms with E-state index in [1.807, 2.05) is 25.1 Å². The van der Waals surface area contributed by atoms with Gasteiger partial charge in [0.2, 0.25) is 17.7 Å². The van der Waals surface area contributed by atoms with Gasteiger partial charge < -0.3 is 29.7 Å². The normalized spacial score (nSPS) is 27.0. The van der Waals surface area contributed by atoms with Crippen LogP contribution in [0.15, 0.2) is 30.5 Å². The van der Waals surface area contributed by atoms with E-state index in [0.717, 1.165) is 37.5 Å². The number of amides is 4. The van der Waals surface area contributed by atoms with Gasteiger partial charge in [-0.2, -0.15) is 8.42 Å². The molecule has 2 aliphatic heterocycles. The zero-order valence-corrected chi connectivity index (χ0v) is 33.3. The molecule has 2 saturated carbocycles. The number of methoxy groups -OCH3 is 1. The predicted molar refractivity (Wildman–Crippen MR) is 202 cm³/mol. The summed E-state index contributed by atoms with van der Waals surface area (Å²) in [6.45, 7) is 7.12. The molecule has 1 aromatic carbocycles. The number of hydrogen-bond acceptors (Lipinski definition) is 11. The number of ether oxygens (including phenoxy) is 3. The van der Waals surface area contributed by atoms with Crippen LogP contribution in [-0.2, 0) is 33.6 Å². The average molecular weight is 786 g/mol.